The fourth-order valence-electron chi connectivity index (χ4n) is 1.07. The van der Waals surface area contributed by atoms with Crippen LogP contribution >= 0.6 is 0 Å². The van der Waals surface area contributed by atoms with Gasteiger partial charge in [-0.3, -0.25) is 4.99 Å². The summed E-state index contributed by atoms with van der Waals surface area (Å²) >= 11 is 0. The predicted octanol–water partition coefficient (Wildman–Crippen LogP) is 0.372. The van der Waals surface area contributed by atoms with Gasteiger partial charge in [-0.25, -0.2) is 8.42 Å². The van der Waals surface area contributed by atoms with Gasteiger partial charge in [0.25, 0.3) is 0 Å². The second-order valence-electron chi connectivity index (χ2n) is 4.36. The third-order valence-electron chi connectivity index (χ3n) is 1.98. The van der Waals surface area contributed by atoms with Crippen molar-refractivity contribution in [2.45, 2.75) is 26.7 Å². The van der Waals surface area contributed by atoms with Gasteiger partial charge >= 0.3 is 0 Å². The topological polar surface area (TPSA) is 84.5 Å². The molecular formula is C10H23N3O2S. The number of nitrogens with one attached hydrogen (secondary N) is 1. The van der Waals surface area contributed by atoms with E-state index < -0.39 is 9.84 Å². The molecule has 0 aromatic rings. The van der Waals surface area contributed by atoms with E-state index in [4.69, 9.17) is 5.73 Å². The molecule has 0 saturated heterocycles. The molecule has 0 saturated carbocycles. The SMILES string of the molecule is CC(C)CCNC(N)=NCCCS(C)(=O)=O. The first-order valence-electron chi connectivity index (χ1n) is 5.53. The third-order valence-corrected chi connectivity index (χ3v) is 3.01. The monoisotopic (exact) mass is 249 g/mol. The molecule has 0 aliphatic heterocycles. The van der Waals surface area contributed by atoms with Crippen molar-refractivity contribution in [1.29, 1.82) is 0 Å². The molecule has 0 aliphatic carbocycles. The minimum Gasteiger partial charge on any atom is -0.370 e. The lowest BCUT2D eigenvalue weighted by Gasteiger charge is -2.07. The van der Waals surface area contributed by atoms with Gasteiger partial charge in [-0.15, -0.1) is 0 Å². The molecule has 0 aromatic carbocycles. The Morgan fingerprint density at radius 3 is 2.56 bits per heavy atom. The van der Waals surface area contributed by atoms with Crippen molar-refractivity contribution in [3.05, 3.63) is 0 Å². The van der Waals surface area contributed by atoms with E-state index in [-0.39, 0.29) is 5.75 Å². The molecule has 0 rings (SSSR count). The van der Waals surface area contributed by atoms with Crippen LogP contribution in [-0.2, 0) is 9.84 Å². The van der Waals surface area contributed by atoms with Gasteiger partial charge in [0, 0.05) is 19.3 Å². The smallest absolute Gasteiger partial charge is 0.188 e. The molecule has 0 bridgehead atoms. The number of hydrogen-bond acceptors (Lipinski definition) is 3. The van der Waals surface area contributed by atoms with Crippen LogP contribution in [0.15, 0.2) is 4.99 Å². The Morgan fingerprint density at radius 1 is 1.44 bits per heavy atom. The van der Waals surface area contributed by atoms with Gasteiger partial charge in [0.05, 0.1) is 5.75 Å². The van der Waals surface area contributed by atoms with Crippen LogP contribution in [0.3, 0.4) is 0 Å². The Bertz CT molecular complexity index is 310. The number of nitrogens with two attached hydrogens (primary N) is 1. The maximum Gasteiger partial charge on any atom is 0.188 e. The van der Waals surface area contributed by atoms with E-state index in [2.05, 4.69) is 24.2 Å². The summed E-state index contributed by atoms with van der Waals surface area (Å²) in [6, 6.07) is 0. The molecule has 0 amide bonds. The van der Waals surface area contributed by atoms with Crippen molar-refractivity contribution in [2.24, 2.45) is 16.6 Å². The van der Waals surface area contributed by atoms with Gasteiger partial charge in [0.15, 0.2) is 5.96 Å². The number of guanidine groups is 1. The van der Waals surface area contributed by atoms with Crippen molar-refractivity contribution in [3.8, 4) is 0 Å². The van der Waals surface area contributed by atoms with Gasteiger partial charge in [-0.2, -0.15) is 0 Å². The van der Waals surface area contributed by atoms with Crippen LogP contribution in [0, 0.1) is 5.92 Å². The first kappa shape index (κ1) is 15.2. The zero-order chi connectivity index (χ0) is 12.6. The zero-order valence-electron chi connectivity index (χ0n) is 10.4. The first-order valence-corrected chi connectivity index (χ1v) is 7.59. The van der Waals surface area contributed by atoms with Gasteiger partial charge in [0.2, 0.25) is 0 Å². The molecule has 0 atom stereocenters. The van der Waals surface area contributed by atoms with Crippen molar-refractivity contribution >= 4 is 15.8 Å². The molecule has 6 heteroatoms. The van der Waals surface area contributed by atoms with E-state index in [0.717, 1.165) is 13.0 Å². The minimum atomic E-state index is -2.88. The van der Waals surface area contributed by atoms with Crippen molar-refractivity contribution in [2.75, 3.05) is 25.1 Å². The Balaban J connectivity index is 3.63. The Kier molecular flexibility index (Phi) is 7.12. The fraction of sp³-hybridized carbons (Fsp3) is 0.900. The summed E-state index contributed by atoms with van der Waals surface area (Å²) in [7, 11) is -2.88. The summed E-state index contributed by atoms with van der Waals surface area (Å²) in [6.07, 6.45) is 2.78. The predicted molar refractivity (Wildman–Crippen MR) is 68.3 cm³/mol. The fourth-order valence-corrected chi connectivity index (χ4v) is 1.72. The Morgan fingerprint density at radius 2 is 2.06 bits per heavy atom. The molecule has 0 aromatic heterocycles. The molecule has 0 fully saturated rings. The standard InChI is InChI=1S/C10H23N3O2S/c1-9(2)5-7-13-10(11)12-6-4-8-16(3,14)15/h9H,4-8H2,1-3H3,(H3,11,12,13). The average molecular weight is 249 g/mol. The highest BCUT2D eigenvalue weighted by Gasteiger charge is 2.00. The maximum absolute atomic E-state index is 10.8. The van der Waals surface area contributed by atoms with Crippen molar-refractivity contribution < 1.29 is 8.42 Å². The van der Waals surface area contributed by atoms with E-state index in [9.17, 15) is 8.42 Å². The molecule has 0 aliphatic rings. The van der Waals surface area contributed by atoms with E-state index in [1.807, 2.05) is 0 Å². The van der Waals surface area contributed by atoms with E-state index in [1.165, 1.54) is 6.26 Å². The molecule has 3 N–H and O–H groups in total. The van der Waals surface area contributed by atoms with Crippen LogP contribution in [0.25, 0.3) is 0 Å². The second-order valence-corrected chi connectivity index (χ2v) is 6.62. The molecule has 0 radical (unpaired) electrons. The van der Waals surface area contributed by atoms with Crippen LogP contribution in [0.4, 0.5) is 0 Å². The molecule has 0 heterocycles. The van der Waals surface area contributed by atoms with Crippen molar-refractivity contribution in [1.82, 2.24) is 5.32 Å². The van der Waals surface area contributed by atoms with Gasteiger partial charge in [-0.05, 0) is 18.8 Å². The first-order chi connectivity index (χ1) is 7.31. The van der Waals surface area contributed by atoms with Gasteiger partial charge < -0.3 is 11.1 Å². The molecule has 5 nitrogen and oxygen atoms in total. The summed E-state index contributed by atoms with van der Waals surface area (Å²) < 4.78 is 21.7. The third kappa shape index (κ3) is 11.3. The maximum atomic E-state index is 10.8. The molecule has 96 valence electrons. The largest absolute Gasteiger partial charge is 0.370 e. The highest BCUT2D eigenvalue weighted by Crippen LogP contribution is 1.95. The lowest BCUT2D eigenvalue weighted by atomic mass is 10.1. The summed E-state index contributed by atoms with van der Waals surface area (Å²) in [4.78, 5) is 4.04. The zero-order valence-corrected chi connectivity index (χ0v) is 11.2. The Labute approximate surface area is 98.4 Å². The normalized spacial score (nSPS) is 13.1. The quantitative estimate of drug-likeness (QED) is 0.388. The number of hydrogen-bond donors (Lipinski definition) is 2. The molecular weight excluding hydrogens is 226 g/mol. The number of aliphatic imine (C=N–C) groups is 1. The number of nitrogens with zero attached hydrogens (tertiary/aromatic N) is 1. The molecule has 0 spiro atoms. The lowest BCUT2D eigenvalue weighted by Crippen LogP contribution is -2.33. The van der Waals surface area contributed by atoms with Crippen LogP contribution in [0.5, 0.6) is 0 Å². The highest BCUT2D eigenvalue weighted by atomic mass is 32.2. The van der Waals surface area contributed by atoms with Crippen LogP contribution in [0.1, 0.15) is 26.7 Å². The summed E-state index contributed by atoms with van der Waals surface area (Å²) in [6.45, 7) is 5.54. The van der Waals surface area contributed by atoms with Crippen LogP contribution < -0.4 is 11.1 Å². The van der Waals surface area contributed by atoms with E-state index in [0.29, 0.717) is 24.8 Å². The molecule has 16 heavy (non-hydrogen) atoms. The van der Waals surface area contributed by atoms with E-state index in [1.54, 1.807) is 0 Å². The van der Waals surface area contributed by atoms with E-state index >= 15 is 0 Å². The minimum absolute atomic E-state index is 0.162. The summed E-state index contributed by atoms with van der Waals surface area (Å²) in [5, 5.41) is 2.99. The van der Waals surface area contributed by atoms with Crippen LogP contribution in [0.2, 0.25) is 0 Å². The van der Waals surface area contributed by atoms with Gasteiger partial charge in [0.1, 0.15) is 9.84 Å². The summed E-state index contributed by atoms with van der Waals surface area (Å²) in [5.41, 5.74) is 5.60. The van der Waals surface area contributed by atoms with Gasteiger partial charge in [-0.1, -0.05) is 13.8 Å². The second kappa shape index (κ2) is 7.49. The van der Waals surface area contributed by atoms with Crippen LogP contribution in [-0.4, -0.2) is 39.5 Å². The average Bonchev–Trinajstić information content (AvgIpc) is 2.10. The summed E-state index contributed by atoms with van der Waals surface area (Å²) in [5.74, 6) is 1.19. The Hall–Kier alpha value is -0.780. The highest BCUT2D eigenvalue weighted by molar-refractivity contribution is 7.90. The molecule has 0 unspecified atom stereocenters. The number of rotatable bonds is 7. The number of sulfone groups is 1. The lowest BCUT2D eigenvalue weighted by molar-refractivity contribution is 0.576. The van der Waals surface area contributed by atoms with Crippen molar-refractivity contribution in [3.63, 3.8) is 0 Å².